The van der Waals surface area contributed by atoms with Crippen LogP contribution in [0, 0.1) is 107 Å². The van der Waals surface area contributed by atoms with Gasteiger partial charge in [-0.3, -0.25) is 0 Å². The van der Waals surface area contributed by atoms with Crippen LogP contribution in [0.15, 0.2) is 0 Å². The van der Waals surface area contributed by atoms with E-state index in [1.165, 1.54) is 107 Å². The van der Waals surface area contributed by atoms with E-state index in [9.17, 15) is 0 Å². The Morgan fingerprint density at radius 3 is 1.67 bits per heavy atom. The first kappa shape index (κ1) is 16.6. The second-order valence-corrected chi connectivity index (χ2v) is 15.1. The van der Waals surface area contributed by atoms with Gasteiger partial charge in [-0.05, 0) is 177 Å². The number of fused-ring (bicyclic) bond motifs is 24. The molecule has 10 rings (SSSR count). The van der Waals surface area contributed by atoms with Gasteiger partial charge in [0.1, 0.15) is 0 Å². The molecule has 30 heavy (non-hydrogen) atoms. The topological polar surface area (TPSA) is 0 Å². The van der Waals surface area contributed by atoms with Crippen molar-refractivity contribution in [3.63, 3.8) is 0 Å². The molecule has 10 fully saturated rings. The van der Waals surface area contributed by atoms with Gasteiger partial charge in [0.05, 0.1) is 0 Å². The van der Waals surface area contributed by atoms with Gasteiger partial charge in [0.25, 0.3) is 0 Å². The van der Waals surface area contributed by atoms with Gasteiger partial charge < -0.3 is 0 Å². The second-order valence-electron chi connectivity index (χ2n) is 15.1. The standard InChI is InChI=1S/C30H42/c1-2-16-17(3-1)23-11-22(16)28-15-9-20(21(10-15)30(23)28)18-6-7-19-24-12-25(29(18)19)27-14-5-4-13(8-14)26(24)27/h13-30H,1-12H2. The molecule has 0 spiro atoms. The van der Waals surface area contributed by atoms with Gasteiger partial charge in [-0.2, -0.15) is 0 Å². The van der Waals surface area contributed by atoms with E-state index in [1.54, 1.807) is 77.0 Å². The van der Waals surface area contributed by atoms with Crippen LogP contribution in [0.25, 0.3) is 0 Å². The molecule has 10 aliphatic rings. The lowest BCUT2D eigenvalue weighted by atomic mass is 9.57. The minimum atomic E-state index is 1.20. The van der Waals surface area contributed by atoms with Crippen molar-refractivity contribution in [3.05, 3.63) is 0 Å². The van der Waals surface area contributed by atoms with E-state index in [0.29, 0.717) is 0 Å². The molecule has 0 amide bonds. The van der Waals surface area contributed by atoms with E-state index in [-0.39, 0.29) is 0 Å². The molecule has 0 heteroatoms. The molecule has 162 valence electrons. The highest BCUT2D eigenvalue weighted by Gasteiger charge is 2.72. The average Bonchev–Trinajstić information content (AvgIpc) is 3.61. The first-order valence-corrected chi connectivity index (χ1v) is 14.9. The molecular weight excluding hydrogens is 360 g/mol. The summed E-state index contributed by atoms with van der Waals surface area (Å²) < 4.78 is 0. The molecule has 0 N–H and O–H groups in total. The Labute approximate surface area is 183 Å². The summed E-state index contributed by atoms with van der Waals surface area (Å²) >= 11 is 0. The lowest BCUT2D eigenvalue weighted by Crippen LogP contribution is -2.43. The van der Waals surface area contributed by atoms with E-state index in [0.717, 1.165) is 0 Å². The molecule has 0 aromatic carbocycles. The van der Waals surface area contributed by atoms with Crippen molar-refractivity contribution in [1.29, 1.82) is 0 Å². The van der Waals surface area contributed by atoms with Gasteiger partial charge in [-0.15, -0.1) is 0 Å². The van der Waals surface area contributed by atoms with E-state index in [1.807, 2.05) is 0 Å². The van der Waals surface area contributed by atoms with Crippen molar-refractivity contribution >= 4 is 0 Å². The fraction of sp³-hybridized carbons (Fsp3) is 1.00. The Bertz CT molecular complexity index is 798. The zero-order valence-electron chi connectivity index (χ0n) is 18.9. The van der Waals surface area contributed by atoms with Crippen molar-refractivity contribution in [1.82, 2.24) is 0 Å². The van der Waals surface area contributed by atoms with E-state index < -0.39 is 0 Å². The SMILES string of the molecule is C1CC2C(C1)C1CC2C2C3CC(C4CCC5C6CC(C45)C4C5CCC(C5)C64)C(C3)C12. The first-order chi connectivity index (χ1) is 14.9. The van der Waals surface area contributed by atoms with Crippen molar-refractivity contribution in [2.75, 3.05) is 0 Å². The molecule has 0 radical (unpaired) electrons. The van der Waals surface area contributed by atoms with E-state index in [2.05, 4.69) is 0 Å². The molecule has 8 bridgehead atoms. The van der Waals surface area contributed by atoms with Crippen LogP contribution in [0.5, 0.6) is 0 Å². The Morgan fingerprint density at radius 2 is 0.833 bits per heavy atom. The second kappa shape index (κ2) is 5.22. The fourth-order valence-corrected chi connectivity index (χ4v) is 15.7. The van der Waals surface area contributed by atoms with Crippen molar-refractivity contribution in [3.8, 4) is 0 Å². The molecule has 18 atom stereocenters. The highest BCUT2D eigenvalue weighted by Crippen LogP contribution is 2.78. The summed E-state index contributed by atoms with van der Waals surface area (Å²) in [6.45, 7) is 0. The molecule has 0 nitrogen and oxygen atoms in total. The maximum atomic E-state index is 1.72. The molecule has 0 saturated heterocycles. The third-order valence-electron chi connectivity index (χ3n) is 15.4. The Kier molecular flexibility index (Phi) is 2.89. The summed E-state index contributed by atoms with van der Waals surface area (Å²) in [5, 5.41) is 0. The van der Waals surface area contributed by atoms with Crippen LogP contribution < -0.4 is 0 Å². The number of hydrogen-bond donors (Lipinski definition) is 0. The highest BCUT2D eigenvalue weighted by molar-refractivity contribution is 5.20. The summed E-state index contributed by atoms with van der Waals surface area (Å²) in [5.41, 5.74) is 0. The van der Waals surface area contributed by atoms with Gasteiger partial charge in [0.2, 0.25) is 0 Å². The average molecular weight is 403 g/mol. The van der Waals surface area contributed by atoms with Crippen LogP contribution in [0.2, 0.25) is 0 Å². The minimum Gasteiger partial charge on any atom is -0.0527 e. The van der Waals surface area contributed by atoms with Crippen molar-refractivity contribution < 1.29 is 0 Å². The Balaban J connectivity index is 0.973. The first-order valence-electron chi connectivity index (χ1n) is 14.9. The van der Waals surface area contributed by atoms with E-state index in [4.69, 9.17) is 0 Å². The molecule has 10 aliphatic carbocycles. The maximum absolute atomic E-state index is 1.72. The maximum Gasteiger partial charge on any atom is -0.0318 e. The largest absolute Gasteiger partial charge is 0.0527 e. The molecule has 0 aromatic rings. The van der Waals surface area contributed by atoms with Gasteiger partial charge in [-0.25, -0.2) is 0 Å². The van der Waals surface area contributed by atoms with Gasteiger partial charge in [0, 0.05) is 0 Å². The predicted molar refractivity (Wildman–Crippen MR) is 118 cm³/mol. The van der Waals surface area contributed by atoms with Crippen LogP contribution in [0.4, 0.5) is 0 Å². The van der Waals surface area contributed by atoms with Crippen LogP contribution in [0.1, 0.15) is 77.0 Å². The Morgan fingerprint density at radius 1 is 0.267 bits per heavy atom. The lowest BCUT2D eigenvalue weighted by Gasteiger charge is -2.48. The quantitative estimate of drug-likeness (QED) is 0.419. The highest BCUT2D eigenvalue weighted by atomic mass is 14.8. The molecule has 18 unspecified atom stereocenters. The number of rotatable bonds is 1. The van der Waals surface area contributed by atoms with E-state index >= 15 is 0 Å². The Hall–Kier alpha value is 0. The van der Waals surface area contributed by atoms with Gasteiger partial charge >= 0.3 is 0 Å². The van der Waals surface area contributed by atoms with Crippen LogP contribution in [0.3, 0.4) is 0 Å². The molecular formula is C30H42. The van der Waals surface area contributed by atoms with Crippen molar-refractivity contribution in [2.45, 2.75) is 77.0 Å². The van der Waals surface area contributed by atoms with Crippen molar-refractivity contribution in [2.24, 2.45) is 107 Å². The summed E-state index contributed by atoms with van der Waals surface area (Å²) in [4.78, 5) is 0. The van der Waals surface area contributed by atoms with Gasteiger partial charge in [-0.1, -0.05) is 6.42 Å². The zero-order valence-corrected chi connectivity index (χ0v) is 18.9. The fourth-order valence-electron chi connectivity index (χ4n) is 15.7. The summed E-state index contributed by atoms with van der Waals surface area (Å²) in [6, 6.07) is 0. The minimum absolute atomic E-state index is 1.20. The molecule has 0 heterocycles. The summed E-state index contributed by atoms with van der Waals surface area (Å²) in [6.07, 6.45) is 20.0. The van der Waals surface area contributed by atoms with Crippen LogP contribution >= 0.6 is 0 Å². The summed E-state index contributed by atoms with van der Waals surface area (Å²) in [7, 11) is 0. The predicted octanol–water partition coefficient (Wildman–Crippen LogP) is 6.90. The lowest BCUT2D eigenvalue weighted by molar-refractivity contribution is -0.00288. The third-order valence-corrected chi connectivity index (χ3v) is 15.4. The zero-order chi connectivity index (χ0) is 18.9. The third kappa shape index (κ3) is 1.63. The molecule has 10 saturated carbocycles. The normalized spacial score (nSPS) is 74.4. The molecule has 0 aliphatic heterocycles. The monoisotopic (exact) mass is 402 g/mol. The van der Waals surface area contributed by atoms with Crippen LogP contribution in [-0.4, -0.2) is 0 Å². The summed E-state index contributed by atoms with van der Waals surface area (Å²) in [5.74, 6) is 22.0. The smallest absolute Gasteiger partial charge is 0.0318 e. The van der Waals surface area contributed by atoms with Crippen LogP contribution in [-0.2, 0) is 0 Å². The van der Waals surface area contributed by atoms with Gasteiger partial charge in [0.15, 0.2) is 0 Å². The molecule has 0 aromatic heterocycles. The number of hydrogen-bond acceptors (Lipinski definition) is 0.